The summed E-state index contributed by atoms with van der Waals surface area (Å²) in [5, 5.41) is 10.6. The van der Waals surface area contributed by atoms with Gasteiger partial charge in [-0.25, -0.2) is 8.78 Å². The molecular formula is C11H10F2N2O. The summed E-state index contributed by atoms with van der Waals surface area (Å²) in [7, 11) is 0. The van der Waals surface area contributed by atoms with Gasteiger partial charge in [0.2, 0.25) is 5.91 Å². The van der Waals surface area contributed by atoms with E-state index in [9.17, 15) is 13.6 Å². The lowest BCUT2D eigenvalue weighted by atomic mass is 10.1. The molecule has 0 saturated heterocycles. The number of nitrogens with zero attached hydrogens (tertiary/aromatic N) is 1. The molecule has 0 heterocycles. The average Bonchev–Trinajstić information content (AvgIpc) is 2.24. The van der Waals surface area contributed by atoms with Crippen LogP contribution in [-0.4, -0.2) is 12.5 Å². The molecule has 0 spiro atoms. The molecule has 0 atom stereocenters. The largest absolute Gasteiger partial charge is 0.355 e. The van der Waals surface area contributed by atoms with E-state index in [2.05, 4.69) is 5.32 Å². The molecule has 3 nitrogen and oxygen atoms in total. The van der Waals surface area contributed by atoms with E-state index in [1.165, 1.54) is 6.07 Å². The molecule has 1 amide bonds. The first-order valence-corrected chi connectivity index (χ1v) is 4.71. The third-order valence-corrected chi connectivity index (χ3v) is 1.96. The van der Waals surface area contributed by atoms with Crippen LogP contribution in [0.25, 0.3) is 0 Å². The van der Waals surface area contributed by atoms with Gasteiger partial charge in [-0.05, 0) is 12.1 Å². The highest BCUT2D eigenvalue weighted by Crippen LogP contribution is 2.12. The van der Waals surface area contributed by atoms with Crippen LogP contribution in [0.1, 0.15) is 12.0 Å². The van der Waals surface area contributed by atoms with E-state index in [0.717, 1.165) is 12.1 Å². The van der Waals surface area contributed by atoms with E-state index >= 15 is 0 Å². The molecule has 1 rings (SSSR count). The van der Waals surface area contributed by atoms with Crippen LogP contribution < -0.4 is 5.32 Å². The molecule has 0 aliphatic carbocycles. The smallest absolute Gasteiger partial charge is 0.224 e. The Bertz CT molecular complexity index is 406. The molecule has 0 aromatic heterocycles. The van der Waals surface area contributed by atoms with Crippen molar-refractivity contribution in [2.45, 2.75) is 12.8 Å². The minimum Gasteiger partial charge on any atom is -0.355 e. The number of rotatable bonds is 4. The number of halogens is 2. The van der Waals surface area contributed by atoms with Gasteiger partial charge in [-0.1, -0.05) is 6.07 Å². The van der Waals surface area contributed by atoms with E-state index in [4.69, 9.17) is 5.26 Å². The summed E-state index contributed by atoms with van der Waals surface area (Å²) in [6.07, 6.45) is -0.185. The number of amides is 1. The molecule has 1 N–H and O–H groups in total. The zero-order chi connectivity index (χ0) is 12.0. The highest BCUT2D eigenvalue weighted by Gasteiger charge is 2.12. The van der Waals surface area contributed by atoms with Crippen molar-refractivity contribution in [3.63, 3.8) is 0 Å². The number of carbonyl (C=O) groups is 1. The lowest BCUT2D eigenvalue weighted by Crippen LogP contribution is -2.26. The Morgan fingerprint density at radius 1 is 1.38 bits per heavy atom. The molecule has 0 saturated carbocycles. The van der Waals surface area contributed by atoms with E-state index < -0.39 is 17.5 Å². The van der Waals surface area contributed by atoms with Gasteiger partial charge in [0.25, 0.3) is 0 Å². The Morgan fingerprint density at radius 3 is 2.56 bits per heavy atom. The van der Waals surface area contributed by atoms with Crippen molar-refractivity contribution in [3.8, 4) is 6.07 Å². The maximum absolute atomic E-state index is 13.1. The third-order valence-electron chi connectivity index (χ3n) is 1.96. The molecule has 0 aliphatic heterocycles. The Hall–Kier alpha value is -1.96. The monoisotopic (exact) mass is 224 g/mol. The van der Waals surface area contributed by atoms with Crippen LogP contribution in [-0.2, 0) is 11.2 Å². The van der Waals surface area contributed by atoms with Crippen LogP contribution in [0.5, 0.6) is 0 Å². The molecule has 1 aromatic rings. The Labute approximate surface area is 91.7 Å². The molecule has 0 fully saturated rings. The van der Waals surface area contributed by atoms with Gasteiger partial charge in [0.05, 0.1) is 18.9 Å². The van der Waals surface area contributed by atoms with E-state index in [1.807, 2.05) is 6.07 Å². The van der Waals surface area contributed by atoms with Crippen LogP contribution in [0.4, 0.5) is 8.78 Å². The van der Waals surface area contributed by atoms with Crippen LogP contribution in [0.3, 0.4) is 0 Å². The van der Waals surface area contributed by atoms with Crippen LogP contribution in [0.15, 0.2) is 18.2 Å². The first-order chi connectivity index (χ1) is 7.65. The molecule has 0 aliphatic rings. The summed E-state index contributed by atoms with van der Waals surface area (Å²) in [6.45, 7) is 0.186. The first kappa shape index (κ1) is 12.1. The summed E-state index contributed by atoms with van der Waals surface area (Å²) in [6, 6.07) is 5.28. The zero-order valence-corrected chi connectivity index (χ0v) is 8.46. The summed E-state index contributed by atoms with van der Waals surface area (Å²) in [4.78, 5) is 11.2. The molecule has 0 bridgehead atoms. The predicted molar refractivity (Wildman–Crippen MR) is 53.3 cm³/mol. The van der Waals surface area contributed by atoms with Crippen LogP contribution in [0, 0.1) is 23.0 Å². The van der Waals surface area contributed by atoms with Crippen LogP contribution in [0.2, 0.25) is 0 Å². The van der Waals surface area contributed by atoms with Crippen LogP contribution >= 0.6 is 0 Å². The van der Waals surface area contributed by atoms with Gasteiger partial charge in [-0.15, -0.1) is 0 Å². The van der Waals surface area contributed by atoms with Crippen molar-refractivity contribution >= 4 is 5.91 Å². The maximum atomic E-state index is 13.1. The standard InChI is InChI=1S/C11H10F2N2O/c12-9-3-1-4-10(13)8(9)7-11(16)15-6-2-5-14/h1,3-4H,2,6-7H2,(H,15,16). The van der Waals surface area contributed by atoms with Gasteiger partial charge in [0, 0.05) is 12.1 Å². The second-order valence-electron chi connectivity index (χ2n) is 3.14. The average molecular weight is 224 g/mol. The Morgan fingerprint density at radius 2 is 2.00 bits per heavy atom. The SMILES string of the molecule is N#CCCNC(=O)Cc1c(F)cccc1F. The molecule has 0 unspecified atom stereocenters. The quantitative estimate of drug-likeness (QED) is 0.788. The third kappa shape index (κ3) is 3.31. The number of hydrogen-bond donors (Lipinski definition) is 1. The highest BCUT2D eigenvalue weighted by atomic mass is 19.1. The van der Waals surface area contributed by atoms with Crippen molar-refractivity contribution in [2.75, 3.05) is 6.54 Å². The summed E-state index contributed by atoms with van der Waals surface area (Å²) < 4.78 is 26.3. The number of nitrogens with one attached hydrogen (secondary N) is 1. The molecular weight excluding hydrogens is 214 g/mol. The normalized spacial score (nSPS) is 9.56. The minimum absolute atomic E-state index is 0.172. The van der Waals surface area contributed by atoms with Gasteiger partial charge in [0.1, 0.15) is 11.6 Å². The zero-order valence-electron chi connectivity index (χ0n) is 8.46. The number of nitriles is 1. The lowest BCUT2D eigenvalue weighted by Gasteiger charge is -2.05. The van der Waals surface area contributed by atoms with Gasteiger partial charge in [-0.2, -0.15) is 5.26 Å². The molecule has 84 valence electrons. The molecule has 16 heavy (non-hydrogen) atoms. The van der Waals surface area contributed by atoms with Gasteiger partial charge >= 0.3 is 0 Å². The highest BCUT2D eigenvalue weighted by molar-refractivity contribution is 5.78. The minimum atomic E-state index is -0.740. The first-order valence-electron chi connectivity index (χ1n) is 4.71. The maximum Gasteiger partial charge on any atom is 0.224 e. The lowest BCUT2D eigenvalue weighted by molar-refractivity contribution is -0.120. The van der Waals surface area contributed by atoms with E-state index in [1.54, 1.807) is 0 Å². The van der Waals surface area contributed by atoms with Crippen molar-refractivity contribution in [2.24, 2.45) is 0 Å². The van der Waals surface area contributed by atoms with Gasteiger partial charge in [0.15, 0.2) is 0 Å². The fourth-order valence-electron chi connectivity index (χ4n) is 1.18. The molecule has 5 heteroatoms. The Balaban J connectivity index is 2.60. The Kier molecular flexibility index (Phi) is 4.40. The predicted octanol–water partition coefficient (Wildman–Crippen LogP) is 1.54. The summed E-state index contributed by atoms with van der Waals surface area (Å²) in [5.74, 6) is -1.98. The van der Waals surface area contributed by atoms with Crippen molar-refractivity contribution < 1.29 is 13.6 Å². The summed E-state index contributed by atoms with van der Waals surface area (Å²) >= 11 is 0. The molecule has 1 aromatic carbocycles. The summed E-state index contributed by atoms with van der Waals surface area (Å²) in [5.41, 5.74) is -0.253. The second-order valence-corrected chi connectivity index (χ2v) is 3.14. The van der Waals surface area contributed by atoms with Gasteiger partial charge < -0.3 is 5.32 Å². The van der Waals surface area contributed by atoms with Crippen molar-refractivity contribution in [1.82, 2.24) is 5.32 Å². The fourth-order valence-corrected chi connectivity index (χ4v) is 1.18. The fraction of sp³-hybridized carbons (Fsp3) is 0.273. The number of benzene rings is 1. The number of carbonyl (C=O) groups excluding carboxylic acids is 1. The van der Waals surface area contributed by atoms with E-state index in [-0.39, 0.29) is 24.9 Å². The van der Waals surface area contributed by atoms with E-state index in [0.29, 0.717) is 0 Å². The molecule has 0 radical (unpaired) electrons. The topological polar surface area (TPSA) is 52.9 Å². The second kappa shape index (κ2) is 5.81. The van der Waals surface area contributed by atoms with Crippen molar-refractivity contribution in [1.29, 1.82) is 5.26 Å². The van der Waals surface area contributed by atoms with Crippen molar-refractivity contribution in [3.05, 3.63) is 35.4 Å². The van der Waals surface area contributed by atoms with Gasteiger partial charge in [-0.3, -0.25) is 4.79 Å². The number of hydrogen-bond acceptors (Lipinski definition) is 2.